The third kappa shape index (κ3) is 5.94. The van der Waals surface area contributed by atoms with Crippen LogP contribution in [0.2, 0.25) is 0 Å². The van der Waals surface area contributed by atoms with Crippen molar-refractivity contribution >= 4 is 70.1 Å². The fourth-order valence-electron chi connectivity index (χ4n) is 8.67. The maximum atomic E-state index is 2.40. The van der Waals surface area contributed by atoms with E-state index in [-0.39, 0.29) is 0 Å². The quantitative estimate of drug-likeness (QED) is 0.157. The molecule has 0 aliphatic heterocycles. The van der Waals surface area contributed by atoms with Crippen LogP contribution >= 0.6 is 11.3 Å². The maximum absolute atomic E-state index is 2.40. The fraction of sp³-hybridized carbons (Fsp3) is 0. The summed E-state index contributed by atoms with van der Waals surface area (Å²) in [6.07, 6.45) is 0. The number of hydrogen-bond donors (Lipinski definition) is 0. The van der Waals surface area contributed by atoms with Crippen molar-refractivity contribution < 1.29 is 0 Å². The van der Waals surface area contributed by atoms with Crippen molar-refractivity contribution in [2.45, 2.75) is 0 Å². The molecule has 1 nitrogen and oxygen atoms in total. The lowest BCUT2D eigenvalue weighted by Crippen LogP contribution is -2.10. The van der Waals surface area contributed by atoms with Gasteiger partial charge in [-0.2, -0.15) is 0 Å². The Morgan fingerprint density at radius 2 is 0.828 bits per heavy atom. The molecule has 2 heteroatoms. The van der Waals surface area contributed by atoms with Gasteiger partial charge in [0.05, 0.1) is 5.69 Å². The summed E-state index contributed by atoms with van der Waals surface area (Å²) in [6.45, 7) is 0. The lowest BCUT2D eigenvalue weighted by molar-refractivity contribution is 1.30. The molecule has 0 spiro atoms. The highest BCUT2D eigenvalue weighted by atomic mass is 32.1. The van der Waals surface area contributed by atoms with Gasteiger partial charge in [-0.3, -0.25) is 0 Å². The first kappa shape index (κ1) is 34.0. The number of thiophene rings is 1. The van der Waals surface area contributed by atoms with E-state index in [2.05, 4.69) is 229 Å². The van der Waals surface area contributed by atoms with Gasteiger partial charge in [0.15, 0.2) is 0 Å². The number of hydrogen-bond acceptors (Lipinski definition) is 2. The van der Waals surface area contributed by atoms with Gasteiger partial charge in [-0.05, 0) is 103 Å². The summed E-state index contributed by atoms with van der Waals surface area (Å²) in [5, 5.41) is 7.57. The molecule has 10 aromatic carbocycles. The molecule has 11 rings (SSSR count). The van der Waals surface area contributed by atoms with Gasteiger partial charge in [0.1, 0.15) is 0 Å². The zero-order valence-electron chi connectivity index (χ0n) is 31.7. The van der Waals surface area contributed by atoms with E-state index in [9.17, 15) is 0 Å². The van der Waals surface area contributed by atoms with Gasteiger partial charge in [0, 0.05) is 36.9 Å². The zero-order chi connectivity index (χ0) is 38.4. The second-order valence-corrected chi connectivity index (χ2v) is 15.9. The van der Waals surface area contributed by atoms with Gasteiger partial charge >= 0.3 is 0 Å². The molecular formula is C56H37NS. The van der Waals surface area contributed by atoms with E-state index in [4.69, 9.17) is 0 Å². The minimum atomic E-state index is 1.11. The van der Waals surface area contributed by atoms with Crippen LogP contribution in [0.3, 0.4) is 0 Å². The van der Waals surface area contributed by atoms with Crippen molar-refractivity contribution in [2.24, 2.45) is 0 Å². The first-order valence-corrected chi connectivity index (χ1v) is 20.7. The van der Waals surface area contributed by atoms with Gasteiger partial charge in [0.2, 0.25) is 0 Å². The molecule has 0 saturated heterocycles. The molecule has 0 atom stereocenters. The topological polar surface area (TPSA) is 3.24 Å². The Morgan fingerprint density at radius 1 is 0.293 bits per heavy atom. The molecule has 0 unspecified atom stereocenters. The maximum Gasteiger partial charge on any atom is 0.0540 e. The molecule has 1 aromatic heterocycles. The molecule has 272 valence electrons. The lowest BCUT2D eigenvalue weighted by Gasteiger charge is -2.27. The molecule has 11 aromatic rings. The summed E-state index contributed by atoms with van der Waals surface area (Å²) in [6, 6.07) is 81.9. The predicted molar refractivity (Wildman–Crippen MR) is 251 cm³/mol. The highest BCUT2D eigenvalue weighted by Gasteiger charge is 2.18. The Morgan fingerprint density at radius 3 is 1.60 bits per heavy atom. The molecular weight excluding hydrogens is 719 g/mol. The molecule has 1 heterocycles. The SMILES string of the molecule is c1ccc(-c2ccc(-c3ccc(N(c4ccc(-c5cccc6c5sc5ccccc56)cc4)c4cccc5ccccc45)cc3)cc2-c2cccc3ccccc23)cc1. The van der Waals surface area contributed by atoms with Crippen LogP contribution in [0.15, 0.2) is 224 Å². The Hall–Kier alpha value is -7.26. The predicted octanol–water partition coefficient (Wildman–Crippen LogP) is 16.5. The van der Waals surface area contributed by atoms with Crippen molar-refractivity contribution in [3.63, 3.8) is 0 Å². The van der Waals surface area contributed by atoms with Crippen molar-refractivity contribution in [3.05, 3.63) is 224 Å². The van der Waals surface area contributed by atoms with E-state index in [1.807, 2.05) is 11.3 Å². The van der Waals surface area contributed by atoms with Crippen LogP contribution < -0.4 is 4.90 Å². The first-order valence-electron chi connectivity index (χ1n) is 19.8. The van der Waals surface area contributed by atoms with E-state index in [1.54, 1.807) is 0 Å². The average molecular weight is 756 g/mol. The minimum Gasteiger partial charge on any atom is -0.310 e. The third-order valence-electron chi connectivity index (χ3n) is 11.5. The highest BCUT2D eigenvalue weighted by Crippen LogP contribution is 2.44. The molecule has 0 aliphatic carbocycles. The summed E-state index contributed by atoms with van der Waals surface area (Å²) in [5.74, 6) is 0. The fourth-order valence-corrected chi connectivity index (χ4v) is 9.91. The summed E-state index contributed by atoms with van der Waals surface area (Å²) >= 11 is 1.88. The number of rotatable bonds is 7. The van der Waals surface area contributed by atoms with Crippen LogP contribution in [0.4, 0.5) is 17.1 Å². The van der Waals surface area contributed by atoms with Gasteiger partial charge in [-0.25, -0.2) is 0 Å². The van der Waals surface area contributed by atoms with Crippen LogP contribution in [0.5, 0.6) is 0 Å². The Labute approximate surface area is 342 Å². The van der Waals surface area contributed by atoms with Crippen LogP contribution in [0.25, 0.3) is 86.2 Å². The monoisotopic (exact) mass is 755 g/mol. The third-order valence-corrected chi connectivity index (χ3v) is 12.7. The van der Waals surface area contributed by atoms with Crippen molar-refractivity contribution in [1.82, 2.24) is 0 Å². The second kappa shape index (κ2) is 14.4. The molecule has 0 N–H and O–H groups in total. The van der Waals surface area contributed by atoms with Gasteiger partial charge in [-0.15, -0.1) is 11.3 Å². The second-order valence-electron chi connectivity index (χ2n) is 14.9. The molecule has 0 amide bonds. The number of nitrogens with zero attached hydrogens (tertiary/aromatic N) is 1. The van der Waals surface area contributed by atoms with E-state index in [1.165, 1.54) is 86.2 Å². The molecule has 0 aliphatic rings. The molecule has 0 radical (unpaired) electrons. The molecule has 0 fully saturated rings. The van der Waals surface area contributed by atoms with Gasteiger partial charge in [-0.1, -0.05) is 182 Å². The first-order chi connectivity index (χ1) is 28.8. The van der Waals surface area contributed by atoms with E-state index >= 15 is 0 Å². The smallest absolute Gasteiger partial charge is 0.0540 e. The average Bonchev–Trinajstić information content (AvgIpc) is 3.69. The highest BCUT2D eigenvalue weighted by molar-refractivity contribution is 7.26. The zero-order valence-corrected chi connectivity index (χ0v) is 32.5. The van der Waals surface area contributed by atoms with Crippen LogP contribution in [0.1, 0.15) is 0 Å². The van der Waals surface area contributed by atoms with Gasteiger partial charge < -0.3 is 4.90 Å². The van der Waals surface area contributed by atoms with E-state index in [0.29, 0.717) is 0 Å². The summed E-state index contributed by atoms with van der Waals surface area (Å²) < 4.78 is 2.66. The Bertz CT molecular complexity index is 3260. The van der Waals surface area contributed by atoms with Crippen molar-refractivity contribution in [3.8, 4) is 44.5 Å². The van der Waals surface area contributed by atoms with Crippen LogP contribution in [-0.2, 0) is 0 Å². The number of benzene rings is 10. The molecule has 0 saturated carbocycles. The van der Waals surface area contributed by atoms with E-state index < -0.39 is 0 Å². The normalized spacial score (nSPS) is 11.4. The number of anilines is 3. The molecule has 58 heavy (non-hydrogen) atoms. The largest absolute Gasteiger partial charge is 0.310 e. The Balaban J connectivity index is 1.01. The molecule has 0 bridgehead atoms. The standard InChI is InChI=1S/C56H37NS/c1-2-13-39(14-3-1)47-36-31-43(37-53(47)50-23-10-17-40-15-4-6-19-46(40)50)38-27-32-44(33-28-38)57(54-25-11-18-41-16-5-7-20-48(41)54)45-34-29-42(30-35-45)49-22-12-24-52-51-21-8-9-26-55(51)58-56(49)52/h1-37H. The summed E-state index contributed by atoms with van der Waals surface area (Å²) in [5.41, 5.74) is 13.1. The summed E-state index contributed by atoms with van der Waals surface area (Å²) in [7, 11) is 0. The van der Waals surface area contributed by atoms with Crippen molar-refractivity contribution in [2.75, 3.05) is 4.90 Å². The lowest BCUT2D eigenvalue weighted by atomic mass is 9.89. The minimum absolute atomic E-state index is 1.11. The Kier molecular flexibility index (Phi) is 8.42. The summed E-state index contributed by atoms with van der Waals surface area (Å²) in [4.78, 5) is 2.40. The number of fused-ring (bicyclic) bond motifs is 5. The van der Waals surface area contributed by atoms with Crippen LogP contribution in [-0.4, -0.2) is 0 Å². The van der Waals surface area contributed by atoms with E-state index in [0.717, 1.165) is 17.1 Å². The van der Waals surface area contributed by atoms with Crippen LogP contribution in [0, 0.1) is 0 Å². The van der Waals surface area contributed by atoms with Gasteiger partial charge in [0.25, 0.3) is 0 Å². The van der Waals surface area contributed by atoms with Crippen molar-refractivity contribution in [1.29, 1.82) is 0 Å².